The fourth-order valence-corrected chi connectivity index (χ4v) is 1.19. The zero-order chi connectivity index (χ0) is 12.8. The zero-order valence-electron chi connectivity index (χ0n) is 11.9. The predicted octanol–water partition coefficient (Wildman–Crippen LogP) is 0.444. The second-order valence-corrected chi connectivity index (χ2v) is 4.08. The molecule has 0 aromatic carbocycles. The van der Waals surface area contributed by atoms with Crippen LogP contribution in [0.1, 0.15) is 20.3 Å². The van der Waals surface area contributed by atoms with E-state index in [2.05, 4.69) is 43.1 Å². The van der Waals surface area contributed by atoms with Gasteiger partial charge in [-0.1, -0.05) is 13.8 Å². The first kappa shape index (κ1) is 18.2. The summed E-state index contributed by atoms with van der Waals surface area (Å²) < 4.78 is 0. The van der Waals surface area contributed by atoms with Gasteiger partial charge in [-0.3, -0.25) is 0 Å². The van der Waals surface area contributed by atoms with Crippen molar-refractivity contribution in [3.05, 3.63) is 0 Å². The first-order chi connectivity index (χ1) is 7.62. The Bertz CT molecular complexity index is 114. The monoisotopic (exact) mass is 232 g/mol. The van der Waals surface area contributed by atoms with Crippen LogP contribution in [0.15, 0.2) is 0 Å². The number of nitrogens with one attached hydrogen (secondary N) is 1. The van der Waals surface area contributed by atoms with E-state index in [0.29, 0.717) is 0 Å². The molecule has 0 spiro atoms. The molecule has 0 saturated heterocycles. The van der Waals surface area contributed by atoms with Gasteiger partial charge in [0.1, 0.15) is 0 Å². The van der Waals surface area contributed by atoms with Gasteiger partial charge in [-0.2, -0.15) is 0 Å². The second kappa shape index (κ2) is 14.8. The fraction of sp³-hybridized carbons (Fsp3) is 1.00. The lowest BCUT2D eigenvalue weighted by atomic mass is 10.4. The van der Waals surface area contributed by atoms with Crippen molar-refractivity contribution in [1.29, 1.82) is 0 Å². The molecule has 0 unspecified atom stereocenters. The number of hydrogen-bond donors (Lipinski definition) is 2. The van der Waals surface area contributed by atoms with E-state index >= 15 is 0 Å². The zero-order valence-corrected chi connectivity index (χ0v) is 11.9. The molecule has 0 aromatic heterocycles. The summed E-state index contributed by atoms with van der Waals surface area (Å²) in [7, 11) is 6.10. The van der Waals surface area contributed by atoms with Crippen molar-refractivity contribution >= 4 is 0 Å². The normalized spacial score (nSPS) is 10.5. The Kier molecular flexibility index (Phi) is 16.9. The van der Waals surface area contributed by atoms with Crippen LogP contribution >= 0.6 is 0 Å². The third-order valence-electron chi connectivity index (χ3n) is 2.38. The van der Waals surface area contributed by atoms with Crippen molar-refractivity contribution in [2.75, 3.05) is 60.4 Å². The summed E-state index contributed by atoms with van der Waals surface area (Å²) >= 11 is 0. The topological polar surface area (TPSA) is 44.5 Å². The van der Waals surface area contributed by atoms with Crippen molar-refractivity contribution in [1.82, 2.24) is 15.1 Å². The molecule has 4 heteroatoms. The van der Waals surface area contributed by atoms with E-state index in [1.165, 1.54) is 0 Å². The van der Waals surface area contributed by atoms with Gasteiger partial charge in [-0.25, -0.2) is 0 Å². The molecule has 0 rings (SSSR count). The van der Waals surface area contributed by atoms with Crippen LogP contribution in [0, 0.1) is 0 Å². The Hall–Kier alpha value is -0.160. The largest absolute Gasteiger partial charge is 0.330 e. The summed E-state index contributed by atoms with van der Waals surface area (Å²) in [5.74, 6) is 0. The van der Waals surface area contributed by atoms with Gasteiger partial charge in [-0.15, -0.1) is 0 Å². The molecule has 4 nitrogen and oxygen atoms in total. The minimum atomic E-state index is 0.816. The Morgan fingerprint density at radius 3 is 1.88 bits per heavy atom. The molecule has 0 aliphatic rings. The van der Waals surface area contributed by atoms with Gasteiger partial charge in [0.25, 0.3) is 0 Å². The molecule has 0 aliphatic carbocycles. The van der Waals surface area contributed by atoms with Crippen molar-refractivity contribution in [2.24, 2.45) is 5.73 Å². The summed E-state index contributed by atoms with van der Waals surface area (Å²) in [4.78, 5) is 4.53. The molecule has 0 fully saturated rings. The standard InChI is InChI=1S/C7H18N2.C5H14N2/c1-3-9(4-2)7-5-6-8;1-6-4-5-7(2)3/h3-8H2,1-2H3;6H,4-5H2,1-3H3. The molecule has 0 bridgehead atoms. The van der Waals surface area contributed by atoms with Crippen molar-refractivity contribution in [3.8, 4) is 0 Å². The summed E-state index contributed by atoms with van der Waals surface area (Å²) in [6, 6.07) is 0. The highest BCUT2D eigenvalue weighted by atomic mass is 15.1. The summed E-state index contributed by atoms with van der Waals surface area (Å²) in [6.45, 7) is 10.8. The summed E-state index contributed by atoms with van der Waals surface area (Å²) in [6.07, 6.45) is 1.13. The summed E-state index contributed by atoms with van der Waals surface area (Å²) in [5.41, 5.74) is 5.36. The van der Waals surface area contributed by atoms with Crippen molar-refractivity contribution < 1.29 is 0 Å². The van der Waals surface area contributed by atoms with Gasteiger partial charge >= 0.3 is 0 Å². The smallest absolute Gasteiger partial charge is 0.0101 e. The molecule has 0 amide bonds. The van der Waals surface area contributed by atoms with Crippen LogP contribution in [0.2, 0.25) is 0 Å². The number of rotatable bonds is 8. The minimum Gasteiger partial charge on any atom is -0.330 e. The molecule has 0 saturated carbocycles. The molecule has 0 radical (unpaired) electrons. The first-order valence-electron chi connectivity index (χ1n) is 6.34. The van der Waals surface area contributed by atoms with E-state index < -0.39 is 0 Å². The molecule has 0 atom stereocenters. The maximum atomic E-state index is 5.36. The molecule has 100 valence electrons. The number of hydrogen-bond acceptors (Lipinski definition) is 4. The molecule has 0 aliphatic heterocycles. The maximum Gasteiger partial charge on any atom is 0.0101 e. The average molecular weight is 232 g/mol. The van der Waals surface area contributed by atoms with Crippen LogP contribution in [0.3, 0.4) is 0 Å². The van der Waals surface area contributed by atoms with Gasteiger partial charge in [0, 0.05) is 13.1 Å². The highest BCUT2D eigenvalue weighted by Gasteiger charge is 1.94. The van der Waals surface area contributed by atoms with Crippen LogP contribution in [0.25, 0.3) is 0 Å². The molecular weight excluding hydrogens is 200 g/mol. The predicted molar refractivity (Wildman–Crippen MR) is 73.9 cm³/mol. The lowest BCUT2D eigenvalue weighted by Crippen LogP contribution is -2.25. The highest BCUT2D eigenvalue weighted by Crippen LogP contribution is 1.87. The van der Waals surface area contributed by atoms with Crippen LogP contribution in [-0.4, -0.2) is 70.2 Å². The second-order valence-electron chi connectivity index (χ2n) is 4.08. The molecule has 0 aromatic rings. The van der Waals surface area contributed by atoms with Gasteiger partial charge < -0.3 is 20.9 Å². The minimum absolute atomic E-state index is 0.816. The Balaban J connectivity index is 0. The Morgan fingerprint density at radius 1 is 1.06 bits per heavy atom. The lowest BCUT2D eigenvalue weighted by molar-refractivity contribution is 0.302. The van der Waals surface area contributed by atoms with Crippen LogP contribution < -0.4 is 11.1 Å². The molecule has 3 N–H and O–H groups in total. The fourth-order valence-electron chi connectivity index (χ4n) is 1.19. The van der Waals surface area contributed by atoms with Crippen molar-refractivity contribution in [2.45, 2.75) is 20.3 Å². The van der Waals surface area contributed by atoms with Crippen molar-refractivity contribution in [3.63, 3.8) is 0 Å². The van der Waals surface area contributed by atoms with E-state index in [4.69, 9.17) is 5.73 Å². The molecule has 0 heterocycles. The van der Waals surface area contributed by atoms with E-state index in [9.17, 15) is 0 Å². The van der Waals surface area contributed by atoms with Gasteiger partial charge in [0.2, 0.25) is 0 Å². The maximum absolute atomic E-state index is 5.36. The number of nitrogens with two attached hydrogens (primary N) is 1. The lowest BCUT2D eigenvalue weighted by Gasteiger charge is -2.16. The van der Waals surface area contributed by atoms with E-state index in [-0.39, 0.29) is 0 Å². The van der Waals surface area contributed by atoms with E-state index in [0.717, 1.165) is 45.7 Å². The third kappa shape index (κ3) is 16.3. The van der Waals surface area contributed by atoms with Crippen LogP contribution in [-0.2, 0) is 0 Å². The van der Waals surface area contributed by atoms with Crippen LogP contribution in [0.4, 0.5) is 0 Å². The average Bonchev–Trinajstić information content (AvgIpc) is 2.29. The quantitative estimate of drug-likeness (QED) is 0.638. The number of likely N-dealkylation sites (N-methyl/N-ethyl adjacent to an activating group) is 2. The van der Waals surface area contributed by atoms with Gasteiger partial charge in [0.15, 0.2) is 0 Å². The van der Waals surface area contributed by atoms with Crippen LogP contribution in [0.5, 0.6) is 0 Å². The van der Waals surface area contributed by atoms with E-state index in [1.54, 1.807) is 0 Å². The molecule has 16 heavy (non-hydrogen) atoms. The number of nitrogens with zero attached hydrogens (tertiary/aromatic N) is 2. The SMILES string of the molecule is CCN(CC)CCCN.CNCCN(C)C. The van der Waals surface area contributed by atoms with E-state index in [1.807, 2.05) is 7.05 Å². The third-order valence-corrected chi connectivity index (χ3v) is 2.38. The van der Waals surface area contributed by atoms with Gasteiger partial charge in [-0.05, 0) is 53.7 Å². The first-order valence-corrected chi connectivity index (χ1v) is 6.34. The van der Waals surface area contributed by atoms with Gasteiger partial charge in [0.05, 0.1) is 0 Å². The molecular formula is C12H32N4. The highest BCUT2D eigenvalue weighted by molar-refractivity contribution is 4.51. The Labute approximate surface area is 102 Å². The Morgan fingerprint density at radius 2 is 1.62 bits per heavy atom. The summed E-state index contributed by atoms with van der Waals surface area (Å²) in [5, 5.41) is 3.06.